The van der Waals surface area contributed by atoms with Crippen LogP contribution in [-0.2, 0) is 6.54 Å². The van der Waals surface area contributed by atoms with Gasteiger partial charge in [-0.05, 0) is 52.6 Å². The van der Waals surface area contributed by atoms with E-state index in [2.05, 4.69) is 41.2 Å². The summed E-state index contributed by atoms with van der Waals surface area (Å²) in [5.74, 6) is 1.21. The molecule has 180 valence electrons. The second kappa shape index (κ2) is 9.13. The number of nitrogens with two attached hydrogens (primary N) is 1. The van der Waals surface area contributed by atoms with Gasteiger partial charge >= 0.3 is 0 Å². The number of piperidine rings is 1. The largest absolute Gasteiger partial charge is 0.368 e. The quantitative estimate of drug-likeness (QED) is 0.341. The van der Waals surface area contributed by atoms with E-state index in [9.17, 15) is 4.79 Å². The summed E-state index contributed by atoms with van der Waals surface area (Å²) in [6.45, 7) is 2.35. The van der Waals surface area contributed by atoms with Gasteiger partial charge in [0.05, 0.1) is 39.5 Å². The number of halogens is 1. The van der Waals surface area contributed by atoms with E-state index in [0.717, 1.165) is 52.2 Å². The summed E-state index contributed by atoms with van der Waals surface area (Å²) < 4.78 is 2.67. The van der Waals surface area contributed by atoms with Gasteiger partial charge in [0.1, 0.15) is 5.65 Å². The lowest BCUT2D eigenvalue weighted by Gasteiger charge is -2.39. The number of carbonyl (C=O) groups excluding carboxylic acids is 1. The molecule has 9 heteroatoms. The number of aromatic amines is 1. The van der Waals surface area contributed by atoms with E-state index in [-0.39, 0.29) is 11.9 Å². The first-order chi connectivity index (χ1) is 17.1. The van der Waals surface area contributed by atoms with Gasteiger partial charge in [0.2, 0.25) is 0 Å². The third-order valence-electron chi connectivity index (χ3n) is 7.22. The lowest BCUT2D eigenvalue weighted by atomic mass is 9.87. The average Bonchev–Trinajstić information content (AvgIpc) is 3.46. The number of pyridine rings is 1. The van der Waals surface area contributed by atoms with Gasteiger partial charge in [0, 0.05) is 37.7 Å². The van der Waals surface area contributed by atoms with Crippen molar-refractivity contribution in [2.45, 2.75) is 31.8 Å². The smallest absolute Gasteiger partial charge is 0.258 e. The Bertz CT molecular complexity index is 1360. The van der Waals surface area contributed by atoms with Gasteiger partial charge in [-0.25, -0.2) is 4.98 Å². The molecule has 0 unspecified atom stereocenters. The lowest BCUT2D eigenvalue weighted by Crippen LogP contribution is -2.49. The van der Waals surface area contributed by atoms with Crippen molar-refractivity contribution in [3.63, 3.8) is 0 Å². The summed E-state index contributed by atoms with van der Waals surface area (Å²) in [5, 5.41) is 8.33. The molecule has 2 atom stereocenters. The van der Waals surface area contributed by atoms with Crippen LogP contribution in [-0.4, -0.2) is 44.8 Å². The van der Waals surface area contributed by atoms with Crippen LogP contribution in [0, 0.1) is 11.8 Å². The highest BCUT2D eigenvalue weighted by Crippen LogP contribution is 2.44. The molecule has 1 amide bonds. The van der Waals surface area contributed by atoms with Crippen LogP contribution in [0.15, 0.2) is 59.6 Å². The van der Waals surface area contributed by atoms with Crippen molar-refractivity contribution in [3.8, 4) is 0 Å². The first-order valence-electron chi connectivity index (χ1n) is 12.1. The summed E-state index contributed by atoms with van der Waals surface area (Å²) in [6, 6.07) is 10.2. The fourth-order valence-electron chi connectivity index (χ4n) is 5.31. The Morgan fingerprint density at radius 3 is 2.80 bits per heavy atom. The van der Waals surface area contributed by atoms with E-state index in [4.69, 9.17) is 5.73 Å². The molecule has 0 bridgehead atoms. The molecule has 1 saturated carbocycles. The van der Waals surface area contributed by atoms with Gasteiger partial charge in [-0.15, -0.1) is 0 Å². The van der Waals surface area contributed by atoms with Crippen LogP contribution in [0.25, 0.3) is 11.0 Å². The molecule has 4 N–H and O–H groups in total. The second-order valence-electron chi connectivity index (χ2n) is 9.65. The number of nitrogens with one attached hydrogen (secondary N) is 2. The SMILES string of the molecule is N[C@H]1CN(c2c(Br)cnc3[nH]cc(NC(=O)c4cnn(Cc5ccccc5)c4)c23)CC[C@@H]1C1CC1. The van der Waals surface area contributed by atoms with Gasteiger partial charge in [0.15, 0.2) is 0 Å². The zero-order chi connectivity index (χ0) is 23.9. The molecule has 0 radical (unpaired) electrons. The molecule has 0 spiro atoms. The van der Waals surface area contributed by atoms with E-state index in [1.54, 1.807) is 23.3 Å². The number of benzene rings is 1. The van der Waals surface area contributed by atoms with Crippen LogP contribution < -0.4 is 16.0 Å². The van der Waals surface area contributed by atoms with Crippen LogP contribution in [0.2, 0.25) is 0 Å². The molecule has 1 saturated heterocycles. The predicted octanol–water partition coefficient (Wildman–Crippen LogP) is 4.39. The van der Waals surface area contributed by atoms with Crippen molar-refractivity contribution in [2.24, 2.45) is 17.6 Å². The molecule has 2 fully saturated rings. The number of H-pyrrole nitrogens is 1. The molecule has 4 heterocycles. The number of hydrogen-bond acceptors (Lipinski definition) is 5. The van der Waals surface area contributed by atoms with E-state index in [1.807, 2.05) is 36.5 Å². The Balaban J connectivity index is 1.24. The Hall–Kier alpha value is -3.17. The summed E-state index contributed by atoms with van der Waals surface area (Å²) in [4.78, 5) is 23.2. The monoisotopic (exact) mass is 533 g/mol. The van der Waals surface area contributed by atoms with Gasteiger partial charge < -0.3 is 20.9 Å². The molecular weight excluding hydrogens is 506 g/mol. The minimum atomic E-state index is -0.208. The predicted molar refractivity (Wildman–Crippen MR) is 141 cm³/mol. The number of amides is 1. The van der Waals surface area contributed by atoms with Gasteiger partial charge in [-0.2, -0.15) is 5.10 Å². The van der Waals surface area contributed by atoms with Gasteiger partial charge in [0.25, 0.3) is 5.91 Å². The van der Waals surface area contributed by atoms with Crippen LogP contribution in [0.4, 0.5) is 11.4 Å². The third-order valence-corrected chi connectivity index (χ3v) is 7.80. The number of carbonyl (C=O) groups is 1. The fraction of sp³-hybridized carbons (Fsp3) is 0.346. The standard InChI is InChI=1S/C26H28BrN7O/c27-20-11-29-25-23(24(20)33-9-8-19(17-6-7-17)21(28)15-33)22(12-30-25)32-26(35)18-10-31-34(14-18)13-16-4-2-1-3-5-16/h1-5,10-12,14,17,19,21H,6-9,13,15,28H2,(H,29,30)(H,32,35)/t19-,21+/m1/s1. The number of aromatic nitrogens is 4. The number of hydrogen-bond donors (Lipinski definition) is 3. The zero-order valence-electron chi connectivity index (χ0n) is 19.3. The summed E-state index contributed by atoms with van der Waals surface area (Å²) in [7, 11) is 0. The average molecular weight is 534 g/mol. The highest BCUT2D eigenvalue weighted by Gasteiger charge is 2.38. The van der Waals surface area contributed by atoms with Crippen molar-refractivity contribution in [1.29, 1.82) is 0 Å². The molecule has 1 aliphatic heterocycles. The first-order valence-corrected chi connectivity index (χ1v) is 12.9. The zero-order valence-corrected chi connectivity index (χ0v) is 20.9. The van der Waals surface area contributed by atoms with Crippen molar-refractivity contribution in [2.75, 3.05) is 23.3 Å². The van der Waals surface area contributed by atoms with E-state index < -0.39 is 0 Å². The normalized spacial score (nSPS) is 20.3. The molecule has 2 aliphatic rings. The van der Waals surface area contributed by atoms with E-state index in [1.165, 1.54) is 12.8 Å². The number of rotatable bonds is 6. The molecule has 4 aromatic rings. The Morgan fingerprint density at radius 2 is 2.03 bits per heavy atom. The molecule has 3 aromatic heterocycles. The van der Waals surface area contributed by atoms with Crippen LogP contribution in [0.1, 0.15) is 35.2 Å². The van der Waals surface area contributed by atoms with Crippen molar-refractivity contribution < 1.29 is 4.79 Å². The Kier molecular flexibility index (Phi) is 5.82. The van der Waals surface area contributed by atoms with Crippen LogP contribution in [0.3, 0.4) is 0 Å². The number of fused-ring (bicyclic) bond motifs is 1. The highest BCUT2D eigenvalue weighted by molar-refractivity contribution is 9.10. The maximum atomic E-state index is 13.1. The van der Waals surface area contributed by atoms with Crippen LogP contribution in [0.5, 0.6) is 0 Å². The summed E-state index contributed by atoms with van der Waals surface area (Å²) in [6.07, 6.45) is 10.7. The Morgan fingerprint density at radius 1 is 1.20 bits per heavy atom. The minimum Gasteiger partial charge on any atom is -0.368 e. The van der Waals surface area contributed by atoms with E-state index >= 15 is 0 Å². The summed E-state index contributed by atoms with van der Waals surface area (Å²) >= 11 is 3.71. The van der Waals surface area contributed by atoms with E-state index in [0.29, 0.717) is 23.7 Å². The summed E-state index contributed by atoms with van der Waals surface area (Å²) in [5.41, 5.74) is 10.7. The maximum absolute atomic E-state index is 13.1. The number of anilines is 2. The molecule has 6 rings (SSSR count). The van der Waals surface area contributed by atoms with Crippen LogP contribution >= 0.6 is 15.9 Å². The molecule has 35 heavy (non-hydrogen) atoms. The molecule has 1 aliphatic carbocycles. The Labute approximate surface area is 212 Å². The highest BCUT2D eigenvalue weighted by atomic mass is 79.9. The maximum Gasteiger partial charge on any atom is 0.258 e. The first kappa shape index (κ1) is 22.3. The lowest BCUT2D eigenvalue weighted by molar-refractivity contribution is 0.102. The number of nitrogens with zero attached hydrogens (tertiary/aromatic N) is 4. The third kappa shape index (κ3) is 4.46. The molecular formula is C26H28BrN7O. The fourth-order valence-corrected chi connectivity index (χ4v) is 5.86. The van der Waals surface area contributed by atoms with Crippen molar-refractivity contribution in [3.05, 3.63) is 70.7 Å². The molecule has 8 nitrogen and oxygen atoms in total. The van der Waals surface area contributed by atoms with Gasteiger partial charge in [-0.1, -0.05) is 30.3 Å². The second-order valence-corrected chi connectivity index (χ2v) is 10.5. The van der Waals surface area contributed by atoms with Crippen molar-refractivity contribution in [1.82, 2.24) is 19.7 Å². The topological polar surface area (TPSA) is 105 Å². The minimum absolute atomic E-state index is 0.152. The molecule has 1 aromatic carbocycles. The van der Waals surface area contributed by atoms with Crippen molar-refractivity contribution >= 4 is 44.2 Å². The van der Waals surface area contributed by atoms with Gasteiger partial charge in [-0.3, -0.25) is 9.48 Å².